The van der Waals surface area contributed by atoms with Gasteiger partial charge >= 0.3 is 0 Å². The third-order valence-electron chi connectivity index (χ3n) is 2.53. The Kier molecular flexibility index (Phi) is 3.19. The molecule has 0 aromatic carbocycles. The van der Waals surface area contributed by atoms with Gasteiger partial charge in [0.15, 0.2) is 11.2 Å². The first-order chi connectivity index (χ1) is 7.70. The van der Waals surface area contributed by atoms with Gasteiger partial charge in [0, 0.05) is 18.2 Å². The Morgan fingerprint density at radius 2 is 2.19 bits per heavy atom. The lowest BCUT2D eigenvalue weighted by Crippen LogP contribution is -2.19. The van der Waals surface area contributed by atoms with E-state index in [0.717, 1.165) is 30.3 Å². The lowest BCUT2D eigenvalue weighted by Gasteiger charge is -2.06. The van der Waals surface area contributed by atoms with Crippen molar-refractivity contribution < 1.29 is 4.42 Å². The number of aromatic nitrogens is 2. The van der Waals surface area contributed by atoms with Crippen molar-refractivity contribution in [2.45, 2.75) is 26.7 Å². The van der Waals surface area contributed by atoms with E-state index in [9.17, 15) is 0 Å². The van der Waals surface area contributed by atoms with Crippen LogP contribution in [0.4, 0.5) is 0 Å². The molecule has 2 aromatic heterocycles. The summed E-state index contributed by atoms with van der Waals surface area (Å²) < 4.78 is 5.67. The van der Waals surface area contributed by atoms with Crippen molar-refractivity contribution in [3.63, 3.8) is 0 Å². The number of fused-ring (bicyclic) bond motifs is 1. The number of rotatable bonds is 4. The fourth-order valence-corrected chi connectivity index (χ4v) is 1.59. The van der Waals surface area contributed by atoms with Crippen molar-refractivity contribution in [1.29, 1.82) is 0 Å². The van der Waals surface area contributed by atoms with E-state index in [0.29, 0.717) is 5.65 Å². The van der Waals surface area contributed by atoms with Gasteiger partial charge in [0.2, 0.25) is 5.89 Å². The van der Waals surface area contributed by atoms with Crippen LogP contribution in [0.5, 0.6) is 0 Å². The van der Waals surface area contributed by atoms with E-state index >= 15 is 0 Å². The molecule has 0 radical (unpaired) electrons. The minimum atomic E-state index is 0.273. The quantitative estimate of drug-likeness (QED) is 0.856. The molecule has 1 atom stereocenters. The topological polar surface area (TPSA) is 51.0 Å². The average molecular weight is 219 g/mol. The van der Waals surface area contributed by atoms with Gasteiger partial charge in [-0.25, -0.2) is 4.98 Å². The number of likely N-dealkylation sites (N-methyl/N-ethyl adjacent to an activating group) is 1. The van der Waals surface area contributed by atoms with Gasteiger partial charge < -0.3 is 9.73 Å². The molecule has 4 nitrogen and oxygen atoms in total. The molecule has 2 heterocycles. The van der Waals surface area contributed by atoms with Crippen LogP contribution < -0.4 is 5.32 Å². The molecule has 0 saturated carbocycles. The van der Waals surface area contributed by atoms with Crippen molar-refractivity contribution in [2.24, 2.45) is 0 Å². The van der Waals surface area contributed by atoms with Gasteiger partial charge in [0.25, 0.3) is 0 Å². The Bertz CT molecular complexity index is 478. The Morgan fingerprint density at radius 1 is 1.38 bits per heavy atom. The van der Waals surface area contributed by atoms with Crippen molar-refractivity contribution >= 4 is 11.2 Å². The van der Waals surface area contributed by atoms with E-state index in [1.54, 1.807) is 0 Å². The molecule has 0 aliphatic carbocycles. The van der Waals surface area contributed by atoms with E-state index in [1.165, 1.54) is 0 Å². The molecule has 2 aromatic rings. The smallest absolute Gasteiger partial charge is 0.201 e. The van der Waals surface area contributed by atoms with Gasteiger partial charge in [-0.05, 0) is 25.6 Å². The third-order valence-corrected chi connectivity index (χ3v) is 2.53. The zero-order chi connectivity index (χ0) is 11.5. The fraction of sp³-hybridized carbons (Fsp3) is 0.500. The second kappa shape index (κ2) is 4.61. The predicted octanol–water partition coefficient (Wildman–Crippen LogP) is 2.24. The normalized spacial score (nSPS) is 13.2. The molecule has 0 fully saturated rings. The van der Waals surface area contributed by atoms with Crippen molar-refractivity contribution in [1.82, 2.24) is 15.3 Å². The molecule has 1 unspecified atom stereocenters. The molecule has 86 valence electrons. The summed E-state index contributed by atoms with van der Waals surface area (Å²) in [5.74, 6) is 1.03. The van der Waals surface area contributed by atoms with Gasteiger partial charge in [-0.15, -0.1) is 0 Å². The first-order valence-electron chi connectivity index (χ1n) is 5.65. The molecule has 0 saturated heterocycles. The highest BCUT2D eigenvalue weighted by Gasteiger charge is 2.13. The minimum absolute atomic E-state index is 0.273. The summed E-state index contributed by atoms with van der Waals surface area (Å²) in [6.07, 6.45) is 0. The molecule has 1 N–H and O–H groups in total. The maximum absolute atomic E-state index is 5.67. The van der Waals surface area contributed by atoms with E-state index < -0.39 is 0 Å². The first-order valence-corrected chi connectivity index (χ1v) is 5.65. The third kappa shape index (κ3) is 2.22. The molecular formula is C12H17N3O. The van der Waals surface area contributed by atoms with Gasteiger partial charge in [-0.2, -0.15) is 4.98 Å². The van der Waals surface area contributed by atoms with Crippen molar-refractivity contribution in [3.05, 3.63) is 23.7 Å². The zero-order valence-electron chi connectivity index (χ0n) is 9.95. The second-order valence-corrected chi connectivity index (χ2v) is 4.04. The second-order valence-electron chi connectivity index (χ2n) is 4.04. The van der Waals surface area contributed by atoms with Gasteiger partial charge in [0.1, 0.15) is 0 Å². The van der Waals surface area contributed by atoms with Crippen LogP contribution in [0, 0.1) is 6.92 Å². The maximum Gasteiger partial charge on any atom is 0.201 e. The molecule has 0 spiro atoms. The van der Waals surface area contributed by atoms with Crippen molar-refractivity contribution in [3.8, 4) is 0 Å². The highest BCUT2D eigenvalue weighted by molar-refractivity contribution is 5.67. The number of hydrogen-bond acceptors (Lipinski definition) is 4. The molecule has 0 aliphatic rings. The average Bonchev–Trinajstić information content (AvgIpc) is 2.68. The highest BCUT2D eigenvalue weighted by Crippen LogP contribution is 2.19. The Balaban J connectivity index is 2.25. The van der Waals surface area contributed by atoms with Crippen LogP contribution in [0.15, 0.2) is 16.5 Å². The molecule has 0 amide bonds. The Labute approximate surface area is 95.1 Å². The number of aryl methyl sites for hydroxylation is 1. The first kappa shape index (κ1) is 11.1. The van der Waals surface area contributed by atoms with Crippen LogP contribution in [-0.4, -0.2) is 23.1 Å². The summed E-state index contributed by atoms with van der Waals surface area (Å²) in [5, 5.41) is 3.28. The number of hydrogen-bond donors (Lipinski definition) is 1. The minimum Gasteiger partial charge on any atom is -0.439 e. The van der Waals surface area contributed by atoms with E-state index in [4.69, 9.17) is 4.42 Å². The summed E-state index contributed by atoms with van der Waals surface area (Å²) in [4.78, 5) is 8.74. The fourth-order valence-electron chi connectivity index (χ4n) is 1.59. The van der Waals surface area contributed by atoms with Crippen LogP contribution in [0.2, 0.25) is 0 Å². The van der Waals surface area contributed by atoms with Crippen LogP contribution in [0.3, 0.4) is 0 Å². The van der Waals surface area contributed by atoms with Crippen LogP contribution >= 0.6 is 0 Å². The molecule has 4 heteroatoms. The van der Waals surface area contributed by atoms with Crippen LogP contribution in [-0.2, 0) is 0 Å². The molecular weight excluding hydrogens is 202 g/mol. The summed E-state index contributed by atoms with van der Waals surface area (Å²) >= 11 is 0. The summed E-state index contributed by atoms with van der Waals surface area (Å²) in [5.41, 5.74) is 2.44. The predicted molar refractivity (Wildman–Crippen MR) is 63.5 cm³/mol. The lowest BCUT2D eigenvalue weighted by molar-refractivity contribution is 0.470. The summed E-state index contributed by atoms with van der Waals surface area (Å²) in [7, 11) is 0. The lowest BCUT2D eigenvalue weighted by atomic mass is 10.2. The molecule has 0 bridgehead atoms. The van der Waals surface area contributed by atoms with Gasteiger partial charge in [-0.3, -0.25) is 0 Å². The zero-order valence-corrected chi connectivity index (χ0v) is 9.95. The monoisotopic (exact) mass is 219 g/mol. The molecule has 0 aliphatic heterocycles. The van der Waals surface area contributed by atoms with Crippen molar-refractivity contribution in [2.75, 3.05) is 13.1 Å². The van der Waals surface area contributed by atoms with E-state index in [-0.39, 0.29) is 5.92 Å². The molecule has 16 heavy (non-hydrogen) atoms. The molecule has 2 rings (SSSR count). The number of pyridine rings is 1. The van der Waals surface area contributed by atoms with Crippen LogP contribution in [0.25, 0.3) is 11.2 Å². The van der Waals surface area contributed by atoms with Gasteiger partial charge in [0.05, 0.1) is 0 Å². The largest absolute Gasteiger partial charge is 0.439 e. The SMILES string of the molecule is CCNCC(C)c1nc2nc(C)ccc2o1. The maximum atomic E-state index is 5.67. The summed E-state index contributed by atoms with van der Waals surface area (Å²) in [6, 6.07) is 3.86. The highest BCUT2D eigenvalue weighted by atomic mass is 16.3. The number of nitrogens with one attached hydrogen (secondary N) is 1. The summed E-state index contributed by atoms with van der Waals surface area (Å²) in [6.45, 7) is 7.98. The van der Waals surface area contributed by atoms with E-state index in [2.05, 4.69) is 29.1 Å². The van der Waals surface area contributed by atoms with E-state index in [1.807, 2.05) is 19.1 Å². The standard InChI is InChI=1S/C12H17N3O/c1-4-13-7-8(2)12-15-11-10(16-12)6-5-9(3)14-11/h5-6,8,13H,4,7H2,1-3H3. The number of nitrogens with zero attached hydrogens (tertiary/aromatic N) is 2. The van der Waals surface area contributed by atoms with Gasteiger partial charge in [-0.1, -0.05) is 13.8 Å². The Hall–Kier alpha value is -1.42. The van der Waals surface area contributed by atoms with Crippen LogP contribution in [0.1, 0.15) is 31.4 Å². The Morgan fingerprint density at radius 3 is 2.94 bits per heavy atom. The number of oxazole rings is 1.